The largest absolute Gasteiger partial charge is 0.308 e. The van der Waals surface area contributed by atoms with Crippen molar-refractivity contribution in [1.82, 2.24) is 29.9 Å². The third kappa shape index (κ3) is 3.68. The zero-order valence-electron chi connectivity index (χ0n) is 11.7. The van der Waals surface area contributed by atoms with E-state index in [0.29, 0.717) is 0 Å². The van der Waals surface area contributed by atoms with Crippen molar-refractivity contribution in [1.29, 1.82) is 0 Å². The van der Waals surface area contributed by atoms with Crippen LogP contribution in [0.25, 0.3) is 5.82 Å². The first-order valence-electron chi connectivity index (χ1n) is 6.45. The Hall–Kier alpha value is -2.18. The van der Waals surface area contributed by atoms with Crippen molar-refractivity contribution >= 4 is 12.4 Å². The fraction of sp³-hybridized carbons (Fsp3) is 0.214. The van der Waals surface area contributed by atoms with Crippen LogP contribution in [0, 0.1) is 0 Å². The second-order valence-corrected chi connectivity index (χ2v) is 4.56. The molecule has 0 aliphatic rings. The molecule has 0 aliphatic carbocycles. The summed E-state index contributed by atoms with van der Waals surface area (Å²) >= 11 is 0. The Bertz CT molecular complexity index is 676. The molecule has 1 N–H and O–H groups in total. The molecule has 3 aromatic heterocycles. The average Bonchev–Trinajstić information content (AvgIpc) is 3.11. The number of halogens is 1. The highest BCUT2D eigenvalue weighted by atomic mass is 35.5. The van der Waals surface area contributed by atoms with Gasteiger partial charge in [0.25, 0.3) is 0 Å². The third-order valence-corrected chi connectivity index (χ3v) is 2.99. The molecule has 7 heteroatoms. The lowest BCUT2D eigenvalue weighted by Crippen LogP contribution is -2.15. The Labute approximate surface area is 129 Å². The van der Waals surface area contributed by atoms with Crippen molar-refractivity contribution in [2.24, 2.45) is 7.05 Å². The summed E-state index contributed by atoms with van der Waals surface area (Å²) in [7, 11) is 1.92. The zero-order chi connectivity index (χ0) is 13.8. The first-order valence-corrected chi connectivity index (χ1v) is 6.45. The number of nitrogens with one attached hydrogen (secondary N) is 1. The molecule has 3 rings (SSSR count). The van der Waals surface area contributed by atoms with Gasteiger partial charge in [0.2, 0.25) is 0 Å². The monoisotopic (exact) mass is 304 g/mol. The van der Waals surface area contributed by atoms with Gasteiger partial charge < -0.3 is 5.32 Å². The van der Waals surface area contributed by atoms with Gasteiger partial charge in [0.05, 0.1) is 6.20 Å². The molecular weight excluding hydrogens is 288 g/mol. The molecule has 0 saturated heterocycles. The lowest BCUT2D eigenvalue weighted by molar-refractivity contribution is 0.680. The maximum absolute atomic E-state index is 4.39. The molecule has 110 valence electrons. The van der Waals surface area contributed by atoms with E-state index in [1.54, 1.807) is 21.8 Å². The van der Waals surface area contributed by atoms with E-state index >= 15 is 0 Å². The van der Waals surface area contributed by atoms with Crippen LogP contribution >= 0.6 is 12.4 Å². The van der Waals surface area contributed by atoms with E-state index in [0.717, 1.165) is 30.0 Å². The van der Waals surface area contributed by atoms with Crippen molar-refractivity contribution in [2.75, 3.05) is 0 Å². The van der Waals surface area contributed by atoms with Crippen LogP contribution in [0.5, 0.6) is 0 Å². The Morgan fingerprint density at radius 3 is 2.76 bits per heavy atom. The summed E-state index contributed by atoms with van der Waals surface area (Å²) in [6.07, 6.45) is 9.30. The lowest BCUT2D eigenvalue weighted by atomic mass is 10.2. The van der Waals surface area contributed by atoms with E-state index in [1.165, 1.54) is 0 Å². The second-order valence-electron chi connectivity index (χ2n) is 4.56. The van der Waals surface area contributed by atoms with E-state index in [1.807, 2.05) is 37.8 Å². The van der Waals surface area contributed by atoms with Crippen LogP contribution in [0.3, 0.4) is 0 Å². The van der Waals surface area contributed by atoms with Crippen LogP contribution in [0.15, 0.2) is 49.2 Å². The van der Waals surface area contributed by atoms with E-state index in [9.17, 15) is 0 Å². The quantitative estimate of drug-likeness (QED) is 0.779. The fourth-order valence-corrected chi connectivity index (χ4v) is 2.07. The Kier molecular flexibility index (Phi) is 5.08. The van der Waals surface area contributed by atoms with E-state index < -0.39 is 0 Å². The van der Waals surface area contributed by atoms with Crippen LogP contribution in [0.4, 0.5) is 0 Å². The van der Waals surface area contributed by atoms with Gasteiger partial charge >= 0.3 is 0 Å². The number of pyridine rings is 1. The minimum Gasteiger partial charge on any atom is -0.308 e. The maximum atomic E-state index is 4.39. The van der Waals surface area contributed by atoms with Crippen LogP contribution in [-0.4, -0.2) is 24.5 Å². The van der Waals surface area contributed by atoms with Gasteiger partial charge in [-0.2, -0.15) is 10.2 Å². The van der Waals surface area contributed by atoms with Gasteiger partial charge in [0.15, 0.2) is 5.82 Å². The van der Waals surface area contributed by atoms with Gasteiger partial charge in [0.1, 0.15) is 0 Å². The molecule has 0 unspecified atom stereocenters. The molecule has 3 aromatic rings. The minimum atomic E-state index is 0. The van der Waals surface area contributed by atoms with Crippen molar-refractivity contribution in [3.63, 3.8) is 0 Å². The van der Waals surface area contributed by atoms with Gasteiger partial charge in [-0.3, -0.25) is 4.68 Å². The van der Waals surface area contributed by atoms with Crippen molar-refractivity contribution in [3.05, 3.63) is 60.3 Å². The lowest BCUT2D eigenvalue weighted by Gasteiger charge is -2.08. The maximum Gasteiger partial charge on any atom is 0.157 e. The molecule has 0 spiro atoms. The van der Waals surface area contributed by atoms with Gasteiger partial charge in [0, 0.05) is 56.1 Å². The fourth-order valence-electron chi connectivity index (χ4n) is 2.07. The molecule has 21 heavy (non-hydrogen) atoms. The standard InChI is InChI=1S/C14H16N6.ClH/c1-19-11-12(9-18-19)8-15-10-13-4-2-5-16-14(13)20-7-3-6-17-20;/h2-7,9,11,15H,8,10H2,1H3;1H. The Morgan fingerprint density at radius 2 is 2.05 bits per heavy atom. The van der Waals surface area contributed by atoms with Gasteiger partial charge in [-0.25, -0.2) is 9.67 Å². The molecule has 6 nitrogen and oxygen atoms in total. The summed E-state index contributed by atoms with van der Waals surface area (Å²) in [4.78, 5) is 4.39. The molecule has 0 bridgehead atoms. The van der Waals surface area contributed by atoms with Gasteiger partial charge in [-0.1, -0.05) is 6.07 Å². The highest BCUT2D eigenvalue weighted by Gasteiger charge is 2.05. The van der Waals surface area contributed by atoms with Crippen molar-refractivity contribution < 1.29 is 0 Å². The zero-order valence-corrected chi connectivity index (χ0v) is 12.5. The van der Waals surface area contributed by atoms with E-state index in [4.69, 9.17) is 0 Å². The average molecular weight is 305 g/mol. The predicted molar refractivity (Wildman–Crippen MR) is 82.4 cm³/mol. The molecule has 0 amide bonds. The van der Waals surface area contributed by atoms with Gasteiger partial charge in [-0.15, -0.1) is 12.4 Å². The third-order valence-electron chi connectivity index (χ3n) is 2.99. The molecular formula is C14H17ClN6. The highest BCUT2D eigenvalue weighted by molar-refractivity contribution is 5.85. The summed E-state index contributed by atoms with van der Waals surface area (Å²) in [6.45, 7) is 1.51. The summed E-state index contributed by atoms with van der Waals surface area (Å²) < 4.78 is 3.58. The molecule has 0 radical (unpaired) electrons. The Morgan fingerprint density at radius 1 is 1.14 bits per heavy atom. The molecule has 0 fully saturated rings. The molecule has 0 atom stereocenters. The number of aryl methyl sites for hydroxylation is 1. The molecule has 0 aromatic carbocycles. The van der Waals surface area contributed by atoms with Crippen molar-refractivity contribution in [3.8, 4) is 5.82 Å². The smallest absolute Gasteiger partial charge is 0.157 e. The molecule has 0 saturated carbocycles. The SMILES string of the molecule is Cl.Cn1cc(CNCc2cccnc2-n2cccn2)cn1. The molecule has 0 aliphatic heterocycles. The first-order chi connectivity index (χ1) is 9.83. The Balaban J connectivity index is 0.00000161. The number of hydrogen-bond donors (Lipinski definition) is 1. The summed E-state index contributed by atoms with van der Waals surface area (Å²) in [5, 5.41) is 11.8. The normalized spacial score (nSPS) is 10.3. The highest BCUT2D eigenvalue weighted by Crippen LogP contribution is 2.10. The van der Waals surface area contributed by atoms with Crippen LogP contribution in [0.2, 0.25) is 0 Å². The number of rotatable bonds is 5. The van der Waals surface area contributed by atoms with Crippen LogP contribution in [-0.2, 0) is 20.1 Å². The number of nitrogens with zero attached hydrogens (tertiary/aromatic N) is 5. The minimum absolute atomic E-state index is 0. The summed E-state index contributed by atoms with van der Waals surface area (Å²) in [6, 6.07) is 5.88. The topological polar surface area (TPSA) is 60.6 Å². The second kappa shape index (κ2) is 7.01. The van der Waals surface area contributed by atoms with E-state index in [-0.39, 0.29) is 12.4 Å². The molecule has 3 heterocycles. The predicted octanol–water partition coefficient (Wildman–Crippen LogP) is 1.71. The van der Waals surface area contributed by atoms with Crippen LogP contribution in [0.1, 0.15) is 11.1 Å². The summed E-state index contributed by atoms with van der Waals surface area (Å²) in [5.74, 6) is 0.858. The van der Waals surface area contributed by atoms with Crippen LogP contribution < -0.4 is 5.32 Å². The number of aromatic nitrogens is 5. The first kappa shape index (κ1) is 15.2. The van der Waals surface area contributed by atoms with E-state index in [2.05, 4.69) is 26.6 Å². The summed E-state index contributed by atoms with van der Waals surface area (Å²) in [5.41, 5.74) is 2.28. The number of hydrogen-bond acceptors (Lipinski definition) is 4. The van der Waals surface area contributed by atoms with Gasteiger partial charge in [-0.05, 0) is 12.1 Å². The van der Waals surface area contributed by atoms with Crippen molar-refractivity contribution in [2.45, 2.75) is 13.1 Å².